The van der Waals surface area contributed by atoms with Crippen LogP contribution in [0, 0.1) is 6.92 Å². The van der Waals surface area contributed by atoms with Gasteiger partial charge in [-0.3, -0.25) is 4.79 Å². The number of ether oxygens (including phenoxy) is 1. The lowest BCUT2D eigenvalue weighted by atomic mass is 10.1. The number of hydrogen-bond acceptors (Lipinski definition) is 7. The van der Waals surface area contributed by atoms with Gasteiger partial charge in [0.15, 0.2) is 14.1 Å². The Hall–Kier alpha value is -2.81. The normalized spacial score (nSPS) is 12.2. The Kier molecular flexibility index (Phi) is 10.6. The number of esters is 1. The fourth-order valence-corrected chi connectivity index (χ4v) is 5.75. The first kappa shape index (κ1) is 30.7. The Morgan fingerprint density at radius 1 is 1.08 bits per heavy atom. The number of rotatable bonds is 12. The summed E-state index contributed by atoms with van der Waals surface area (Å²) in [5.74, 6) is 1.32. The Morgan fingerprint density at radius 3 is 2.44 bits per heavy atom. The molecule has 39 heavy (non-hydrogen) atoms. The summed E-state index contributed by atoms with van der Waals surface area (Å²) in [7, 11) is -1.71. The first-order valence-electron chi connectivity index (χ1n) is 13.7. The van der Waals surface area contributed by atoms with Crippen LogP contribution in [-0.2, 0) is 26.8 Å². The maximum atomic E-state index is 11.8. The summed E-state index contributed by atoms with van der Waals surface area (Å²) >= 11 is 1.69. The molecule has 1 aromatic carbocycles. The molecule has 0 aliphatic heterocycles. The van der Waals surface area contributed by atoms with Gasteiger partial charge in [0.2, 0.25) is 0 Å². The molecule has 2 aromatic heterocycles. The molecule has 0 amide bonds. The molecule has 0 fully saturated rings. The number of anilines is 2. The molecule has 0 spiro atoms. The zero-order valence-electron chi connectivity index (χ0n) is 24.7. The van der Waals surface area contributed by atoms with E-state index in [1.165, 1.54) is 4.88 Å². The SMILES string of the molecule is CCOC(=O)Cc1ccc(Nc2nc(-c3ccc(C=CCCO[Si](C)(C)C(C)(C)C)s3)nc(C)c2CC)cc1. The molecule has 1 N–H and O–H groups in total. The van der Waals surface area contributed by atoms with Gasteiger partial charge in [0, 0.05) is 28.4 Å². The van der Waals surface area contributed by atoms with Crippen molar-refractivity contribution in [2.75, 3.05) is 18.5 Å². The van der Waals surface area contributed by atoms with Crippen molar-refractivity contribution in [3.8, 4) is 10.7 Å². The quantitative estimate of drug-likeness (QED) is 0.135. The van der Waals surface area contributed by atoms with Gasteiger partial charge in [0.1, 0.15) is 5.82 Å². The fraction of sp³-hybridized carbons (Fsp3) is 0.452. The minimum Gasteiger partial charge on any atom is -0.466 e. The molecule has 0 saturated heterocycles. The van der Waals surface area contributed by atoms with E-state index in [-0.39, 0.29) is 17.4 Å². The Labute approximate surface area is 239 Å². The molecule has 0 radical (unpaired) electrons. The summed E-state index contributed by atoms with van der Waals surface area (Å²) in [5, 5.41) is 3.70. The van der Waals surface area contributed by atoms with E-state index in [1.54, 1.807) is 11.3 Å². The number of nitrogens with one attached hydrogen (secondary N) is 1. The molecule has 6 nitrogen and oxygen atoms in total. The topological polar surface area (TPSA) is 73.3 Å². The fourth-order valence-electron chi connectivity index (χ4n) is 3.81. The van der Waals surface area contributed by atoms with E-state index >= 15 is 0 Å². The largest absolute Gasteiger partial charge is 0.466 e. The van der Waals surface area contributed by atoms with Crippen LogP contribution in [0.3, 0.4) is 0 Å². The molecule has 0 saturated carbocycles. The van der Waals surface area contributed by atoms with Gasteiger partial charge in [-0.05, 0) is 80.7 Å². The van der Waals surface area contributed by atoms with E-state index < -0.39 is 8.32 Å². The lowest BCUT2D eigenvalue weighted by Gasteiger charge is -2.36. The molecule has 3 rings (SSSR count). The van der Waals surface area contributed by atoms with Crippen molar-refractivity contribution in [1.82, 2.24) is 9.97 Å². The molecule has 8 heteroatoms. The number of aryl methyl sites for hydroxylation is 1. The van der Waals surface area contributed by atoms with Gasteiger partial charge in [0.05, 0.1) is 17.9 Å². The van der Waals surface area contributed by atoms with E-state index in [0.29, 0.717) is 6.61 Å². The van der Waals surface area contributed by atoms with Gasteiger partial charge in [-0.1, -0.05) is 45.9 Å². The molecule has 210 valence electrons. The van der Waals surface area contributed by atoms with Crippen molar-refractivity contribution in [3.05, 3.63) is 64.2 Å². The monoisotopic (exact) mass is 565 g/mol. The van der Waals surface area contributed by atoms with Crippen molar-refractivity contribution in [3.63, 3.8) is 0 Å². The molecule has 0 aliphatic carbocycles. The number of benzene rings is 1. The number of carbonyl (C=O) groups is 1. The third kappa shape index (κ3) is 8.59. The number of hydrogen-bond donors (Lipinski definition) is 1. The molecule has 0 unspecified atom stereocenters. The summed E-state index contributed by atoms with van der Waals surface area (Å²) in [6, 6.07) is 12.0. The van der Waals surface area contributed by atoms with Crippen LogP contribution in [0.4, 0.5) is 11.5 Å². The highest BCUT2D eigenvalue weighted by atomic mass is 32.1. The van der Waals surface area contributed by atoms with Crippen molar-refractivity contribution in [2.24, 2.45) is 0 Å². The maximum Gasteiger partial charge on any atom is 0.310 e. The second-order valence-corrected chi connectivity index (χ2v) is 17.0. The highest BCUT2D eigenvalue weighted by Crippen LogP contribution is 2.36. The smallest absolute Gasteiger partial charge is 0.310 e. The van der Waals surface area contributed by atoms with Crippen molar-refractivity contribution in [2.45, 2.75) is 78.9 Å². The minimum atomic E-state index is -1.71. The Balaban J connectivity index is 1.69. The van der Waals surface area contributed by atoms with Gasteiger partial charge in [-0.25, -0.2) is 9.97 Å². The zero-order chi connectivity index (χ0) is 28.6. The van der Waals surface area contributed by atoms with Crippen LogP contribution >= 0.6 is 11.3 Å². The summed E-state index contributed by atoms with van der Waals surface area (Å²) in [4.78, 5) is 23.7. The van der Waals surface area contributed by atoms with Crippen LogP contribution in [0.5, 0.6) is 0 Å². The van der Waals surface area contributed by atoms with Crippen LogP contribution in [0.2, 0.25) is 18.1 Å². The standard InChI is InChI=1S/C31H43N3O3SSi/c1-9-26-22(3)32-30(34-29(26)33-24-16-14-23(15-17-24)21-28(35)36-10-2)27-19-18-25(38-27)13-11-12-20-37-39(7,8)31(4,5)6/h11,13-19H,9-10,12,20-21H2,1-8H3,(H,32,33,34). The van der Waals surface area contributed by atoms with Crippen LogP contribution in [-0.4, -0.2) is 37.5 Å². The third-order valence-corrected chi connectivity index (χ3v) is 12.7. The molecule has 0 aliphatic rings. The minimum absolute atomic E-state index is 0.216. The van der Waals surface area contributed by atoms with Crippen molar-refractivity contribution < 1.29 is 14.0 Å². The van der Waals surface area contributed by atoms with E-state index in [0.717, 1.165) is 58.5 Å². The third-order valence-electron chi connectivity index (χ3n) is 7.12. The number of thiophene rings is 1. The van der Waals surface area contributed by atoms with Gasteiger partial charge in [0.25, 0.3) is 0 Å². The van der Waals surface area contributed by atoms with Gasteiger partial charge in [-0.15, -0.1) is 11.3 Å². The predicted molar refractivity (Wildman–Crippen MR) is 166 cm³/mol. The summed E-state index contributed by atoms with van der Waals surface area (Å²) in [6.07, 6.45) is 6.34. The summed E-state index contributed by atoms with van der Waals surface area (Å²) in [6.45, 7) is 18.5. The molecule has 0 atom stereocenters. The molecule has 2 heterocycles. The first-order chi connectivity index (χ1) is 18.4. The lowest BCUT2D eigenvalue weighted by molar-refractivity contribution is -0.142. The molecular weight excluding hydrogens is 523 g/mol. The van der Waals surface area contributed by atoms with Gasteiger partial charge < -0.3 is 14.5 Å². The average molecular weight is 566 g/mol. The van der Waals surface area contributed by atoms with Gasteiger partial charge in [-0.2, -0.15) is 0 Å². The first-order valence-corrected chi connectivity index (χ1v) is 17.5. The van der Waals surface area contributed by atoms with E-state index in [9.17, 15) is 4.79 Å². The molecular formula is C31H43N3O3SSi. The predicted octanol–water partition coefficient (Wildman–Crippen LogP) is 8.35. The summed E-state index contributed by atoms with van der Waals surface area (Å²) < 4.78 is 11.3. The highest BCUT2D eigenvalue weighted by Gasteiger charge is 2.36. The van der Waals surface area contributed by atoms with Crippen molar-refractivity contribution in [1.29, 1.82) is 0 Å². The number of nitrogens with zero attached hydrogens (tertiary/aromatic N) is 2. The second-order valence-electron chi connectivity index (χ2n) is 11.1. The van der Waals surface area contributed by atoms with Crippen LogP contribution < -0.4 is 5.32 Å². The van der Waals surface area contributed by atoms with Crippen LogP contribution in [0.1, 0.15) is 62.7 Å². The second kappa shape index (κ2) is 13.5. The van der Waals surface area contributed by atoms with E-state index in [1.807, 2.05) is 38.1 Å². The van der Waals surface area contributed by atoms with Crippen molar-refractivity contribution >= 4 is 43.2 Å². The zero-order valence-corrected chi connectivity index (χ0v) is 26.5. The van der Waals surface area contributed by atoms with E-state index in [4.69, 9.17) is 19.1 Å². The van der Waals surface area contributed by atoms with Crippen LogP contribution in [0.25, 0.3) is 16.8 Å². The van der Waals surface area contributed by atoms with Crippen LogP contribution in [0.15, 0.2) is 42.5 Å². The molecule has 0 bridgehead atoms. The highest BCUT2D eigenvalue weighted by molar-refractivity contribution is 7.16. The molecule has 3 aromatic rings. The number of aromatic nitrogens is 2. The maximum absolute atomic E-state index is 11.8. The number of carbonyl (C=O) groups excluding carboxylic acids is 1. The lowest BCUT2D eigenvalue weighted by Crippen LogP contribution is -2.40. The Bertz CT molecular complexity index is 1280. The summed E-state index contributed by atoms with van der Waals surface area (Å²) in [5.41, 5.74) is 3.89. The van der Waals surface area contributed by atoms with Gasteiger partial charge >= 0.3 is 5.97 Å². The van der Waals surface area contributed by atoms with E-state index in [2.05, 4.69) is 70.4 Å². The Morgan fingerprint density at radius 2 is 1.79 bits per heavy atom. The average Bonchev–Trinajstić information content (AvgIpc) is 3.33.